The summed E-state index contributed by atoms with van der Waals surface area (Å²) in [6.07, 6.45) is 0. The van der Waals surface area contributed by atoms with Gasteiger partial charge in [-0.15, -0.1) is 0 Å². The summed E-state index contributed by atoms with van der Waals surface area (Å²) < 4.78 is 5.29. The number of hydrogen-bond donors (Lipinski definition) is 2. The van der Waals surface area contributed by atoms with Gasteiger partial charge in [0.05, 0.1) is 5.69 Å². The summed E-state index contributed by atoms with van der Waals surface area (Å²) in [6, 6.07) is 5.57. The van der Waals surface area contributed by atoms with Crippen molar-refractivity contribution in [3.63, 3.8) is 0 Å². The van der Waals surface area contributed by atoms with Gasteiger partial charge in [-0.3, -0.25) is 0 Å². The highest BCUT2D eigenvalue weighted by Crippen LogP contribution is 2.21. The molecule has 0 amide bonds. The van der Waals surface area contributed by atoms with E-state index in [0.29, 0.717) is 16.4 Å². The zero-order valence-corrected chi connectivity index (χ0v) is 8.23. The van der Waals surface area contributed by atoms with Crippen molar-refractivity contribution in [3.8, 4) is 5.75 Å². The standard InChI is InChI=1S/C9H12N2OS/c1-6-2-3-7(10)8(4-6)12-5-9(11)13/h2-4H,5,10H2,1H3,(H2,11,13). The molecule has 3 nitrogen and oxygen atoms in total. The smallest absolute Gasteiger partial charge is 0.143 e. The van der Waals surface area contributed by atoms with Crippen LogP contribution in [0.5, 0.6) is 5.75 Å². The van der Waals surface area contributed by atoms with Crippen molar-refractivity contribution in [2.24, 2.45) is 5.73 Å². The average molecular weight is 196 g/mol. The SMILES string of the molecule is Cc1ccc(N)c(OCC(N)=S)c1. The van der Waals surface area contributed by atoms with E-state index >= 15 is 0 Å². The highest BCUT2D eigenvalue weighted by atomic mass is 32.1. The quantitative estimate of drug-likeness (QED) is 0.564. The zero-order valence-electron chi connectivity index (χ0n) is 7.41. The number of benzene rings is 1. The van der Waals surface area contributed by atoms with Gasteiger partial charge in [0.1, 0.15) is 17.3 Å². The first-order valence-electron chi connectivity index (χ1n) is 3.87. The Morgan fingerprint density at radius 2 is 2.23 bits per heavy atom. The first-order chi connectivity index (χ1) is 6.09. The summed E-state index contributed by atoms with van der Waals surface area (Å²) in [6.45, 7) is 2.19. The molecule has 0 aliphatic carbocycles. The van der Waals surface area contributed by atoms with Crippen LogP contribution in [0.25, 0.3) is 0 Å². The predicted octanol–water partition coefficient (Wildman–Crippen LogP) is 1.24. The van der Waals surface area contributed by atoms with Crippen LogP contribution in [0.2, 0.25) is 0 Å². The topological polar surface area (TPSA) is 61.3 Å². The third-order valence-electron chi connectivity index (χ3n) is 1.54. The Labute approximate surface area is 82.7 Å². The average Bonchev–Trinajstić information content (AvgIpc) is 2.06. The number of anilines is 1. The maximum atomic E-state index is 5.67. The van der Waals surface area contributed by atoms with Crippen LogP contribution >= 0.6 is 12.2 Å². The molecule has 0 fully saturated rings. The molecule has 0 aliphatic heterocycles. The van der Waals surface area contributed by atoms with E-state index in [1.807, 2.05) is 19.1 Å². The number of ether oxygens (including phenoxy) is 1. The lowest BCUT2D eigenvalue weighted by Gasteiger charge is -2.08. The molecule has 1 aromatic rings. The largest absolute Gasteiger partial charge is 0.484 e. The highest BCUT2D eigenvalue weighted by Gasteiger charge is 2.00. The van der Waals surface area contributed by atoms with Gasteiger partial charge in [0.2, 0.25) is 0 Å². The zero-order chi connectivity index (χ0) is 9.84. The van der Waals surface area contributed by atoms with E-state index in [0.717, 1.165) is 5.56 Å². The van der Waals surface area contributed by atoms with E-state index < -0.39 is 0 Å². The minimum atomic E-state index is 0.225. The summed E-state index contributed by atoms with van der Waals surface area (Å²) in [5.74, 6) is 0.632. The van der Waals surface area contributed by atoms with Crippen molar-refractivity contribution in [1.82, 2.24) is 0 Å². The molecule has 1 rings (SSSR count). The second kappa shape index (κ2) is 4.09. The van der Waals surface area contributed by atoms with Crippen LogP contribution in [-0.4, -0.2) is 11.6 Å². The Kier molecular flexibility index (Phi) is 3.08. The number of hydrogen-bond acceptors (Lipinski definition) is 3. The molecule has 0 aliphatic rings. The number of thiocarbonyl (C=S) groups is 1. The second-order valence-electron chi connectivity index (χ2n) is 2.80. The van der Waals surface area contributed by atoms with Crippen LogP contribution in [0.3, 0.4) is 0 Å². The molecular formula is C9H12N2OS. The number of aryl methyl sites for hydroxylation is 1. The molecule has 4 heteroatoms. The fourth-order valence-corrected chi connectivity index (χ4v) is 0.974. The van der Waals surface area contributed by atoms with Crippen molar-refractivity contribution in [2.45, 2.75) is 6.92 Å². The van der Waals surface area contributed by atoms with Crippen LogP contribution in [0.4, 0.5) is 5.69 Å². The van der Waals surface area contributed by atoms with Crippen LogP contribution in [0.1, 0.15) is 5.56 Å². The van der Waals surface area contributed by atoms with E-state index in [2.05, 4.69) is 12.2 Å². The van der Waals surface area contributed by atoms with Gasteiger partial charge >= 0.3 is 0 Å². The molecule has 4 N–H and O–H groups in total. The summed E-state index contributed by atoms with van der Waals surface area (Å²) in [5.41, 5.74) is 12.6. The summed E-state index contributed by atoms with van der Waals surface area (Å²) >= 11 is 4.68. The molecule has 1 aromatic carbocycles. The number of nitrogens with two attached hydrogens (primary N) is 2. The Morgan fingerprint density at radius 3 is 2.85 bits per heavy atom. The lowest BCUT2D eigenvalue weighted by molar-refractivity contribution is 0.379. The molecule has 0 heterocycles. The molecule has 0 aromatic heterocycles. The van der Waals surface area contributed by atoms with E-state index in [9.17, 15) is 0 Å². The molecule has 0 saturated heterocycles. The van der Waals surface area contributed by atoms with Gasteiger partial charge < -0.3 is 16.2 Å². The Bertz CT molecular complexity index is 325. The second-order valence-corrected chi connectivity index (χ2v) is 3.32. The van der Waals surface area contributed by atoms with E-state index in [-0.39, 0.29) is 6.61 Å². The lowest BCUT2D eigenvalue weighted by atomic mass is 10.2. The van der Waals surface area contributed by atoms with Crippen molar-refractivity contribution >= 4 is 22.9 Å². The first-order valence-corrected chi connectivity index (χ1v) is 4.27. The fourth-order valence-electron chi connectivity index (χ4n) is 0.915. The number of rotatable bonds is 3. The van der Waals surface area contributed by atoms with Gasteiger partial charge in [0.25, 0.3) is 0 Å². The Balaban J connectivity index is 2.75. The minimum absolute atomic E-state index is 0.225. The van der Waals surface area contributed by atoms with E-state index in [1.54, 1.807) is 6.07 Å². The third kappa shape index (κ3) is 2.91. The maximum absolute atomic E-state index is 5.67. The third-order valence-corrected chi connectivity index (χ3v) is 1.66. The molecule has 0 spiro atoms. The summed E-state index contributed by atoms with van der Waals surface area (Å²) in [7, 11) is 0. The highest BCUT2D eigenvalue weighted by molar-refractivity contribution is 7.80. The minimum Gasteiger partial charge on any atom is -0.484 e. The summed E-state index contributed by atoms with van der Waals surface area (Å²) in [5, 5.41) is 0. The van der Waals surface area contributed by atoms with Crippen LogP contribution in [0.15, 0.2) is 18.2 Å². The molecule has 70 valence electrons. The molecular weight excluding hydrogens is 184 g/mol. The van der Waals surface area contributed by atoms with Gasteiger partial charge in [-0.25, -0.2) is 0 Å². The van der Waals surface area contributed by atoms with E-state index in [4.69, 9.17) is 16.2 Å². The molecule has 0 saturated carbocycles. The van der Waals surface area contributed by atoms with Gasteiger partial charge in [0.15, 0.2) is 0 Å². The fraction of sp³-hybridized carbons (Fsp3) is 0.222. The van der Waals surface area contributed by atoms with Crippen molar-refractivity contribution < 1.29 is 4.74 Å². The van der Waals surface area contributed by atoms with Crippen LogP contribution < -0.4 is 16.2 Å². The summed E-state index contributed by atoms with van der Waals surface area (Å²) in [4.78, 5) is 0.320. The lowest BCUT2D eigenvalue weighted by Crippen LogP contribution is -2.18. The van der Waals surface area contributed by atoms with Crippen LogP contribution in [0, 0.1) is 6.92 Å². The van der Waals surface area contributed by atoms with Gasteiger partial charge in [-0.2, -0.15) is 0 Å². The van der Waals surface area contributed by atoms with Gasteiger partial charge in [0, 0.05) is 0 Å². The monoisotopic (exact) mass is 196 g/mol. The Morgan fingerprint density at radius 1 is 1.54 bits per heavy atom. The van der Waals surface area contributed by atoms with Crippen molar-refractivity contribution in [3.05, 3.63) is 23.8 Å². The normalized spacial score (nSPS) is 9.62. The van der Waals surface area contributed by atoms with Crippen LogP contribution in [-0.2, 0) is 0 Å². The maximum Gasteiger partial charge on any atom is 0.143 e. The molecule has 0 unspecified atom stereocenters. The van der Waals surface area contributed by atoms with Crippen molar-refractivity contribution in [2.75, 3.05) is 12.3 Å². The first kappa shape index (κ1) is 9.80. The molecule has 13 heavy (non-hydrogen) atoms. The molecule has 0 bridgehead atoms. The van der Waals surface area contributed by atoms with Crippen molar-refractivity contribution in [1.29, 1.82) is 0 Å². The Hall–Kier alpha value is -1.29. The predicted molar refractivity (Wildman–Crippen MR) is 57.9 cm³/mol. The van der Waals surface area contributed by atoms with Gasteiger partial charge in [-0.1, -0.05) is 18.3 Å². The molecule has 0 atom stereocenters. The molecule has 0 radical (unpaired) electrons. The number of nitrogen functional groups attached to an aromatic ring is 1. The van der Waals surface area contributed by atoms with Gasteiger partial charge in [-0.05, 0) is 24.6 Å². The van der Waals surface area contributed by atoms with E-state index in [1.165, 1.54) is 0 Å².